The van der Waals surface area contributed by atoms with Gasteiger partial charge < -0.3 is 10.1 Å². The minimum Gasteiger partial charge on any atom is -0.488 e. The van der Waals surface area contributed by atoms with Crippen molar-refractivity contribution in [3.05, 3.63) is 29.3 Å². The molecule has 1 aromatic rings. The largest absolute Gasteiger partial charge is 0.488 e. The highest BCUT2D eigenvalue weighted by molar-refractivity contribution is 5.75. The highest BCUT2D eigenvalue weighted by Crippen LogP contribution is 2.28. The van der Waals surface area contributed by atoms with Crippen LogP contribution in [-0.2, 0) is 11.2 Å². The van der Waals surface area contributed by atoms with E-state index in [2.05, 4.69) is 30.4 Å². The molecular formula is C14H19NO2. The average molecular weight is 233 g/mol. The van der Waals surface area contributed by atoms with Crippen LogP contribution in [0.2, 0.25) is 0 Å². The third kappa shape index (κ3) is 2.99. The Kier molecular flexibility index (Phi) is 3.67. The summed E-state index contributed by atoms with van der Waals surface area (Å²) in [6.45, 7) is 4.53. The first-order valence-electron chi connectivity index (χ1n) is 6.22. The Morgan fingerprint density at radius 1 is 1.53 bits per heavy atom. The molecule has 1 heterocycles. The Hall–Kier alpha value is -1.51. The van der Waals surface area contributed by atoms with Gasteiger partial charge in [-0.15, -0.1) is 0 Å². The van der Waals surface area contributed by atoms with Gasteiger partial charge in [-0.05, 0) is 37.0 Å². The Labute approximate surface area is 102 Å². The van der Waals surface area contributed by atoms with Crippen LogP contribution in [0, 0.1) is 6.92 Å². The second-order valence-corrected chi connectivity index (χ2v) is 4.55. The monoisotopic (exact) mass is 233 g/mol. The van der Waals surface area contributed by atoms with Crippen LogP contribution < -0.4 is 10.1 Å². The van der Waals surface area contributed by atoms with Gasteiger partial charge in [0.2, 0.25) is 5.91 Å². The minimum atomic E-state index is 0.0867. The second-order valence-electron chi connectivity index (χ2n) is 4.55. The van der Waals surface area contributed by atoms with Crippen LogP contribution in [0.1, 0.15) is 30.9 Å². The molecule has 0 spiro atoms. The van der Waals surface area contributed by atoms with Crippen LogP contribution in [0.3, 0.4) is 0 Å². The van der Waals surface area contributed by atoms with E-state index in [0.29, 0.717) is 13.0 Å². The van der Waals surface area contributed by atoms with Gasteiger partial charge in [-0.1, -0.05) is 19.1 Å². The number of hydrogen-bond acceptors (Lipinski definition) is 2. The van der Waals surface area contributed by atoms with Gasteiger partial charge in [0.25, 0.3) is 0 Å². The summed E-state index contributed by atoms with van der Waals surface area (Å²) in [5.41, 5.74) is 2.48. The van der Waals surface area contributed by atoms with Crippen molar-refractivity contribution in [1.82, 2.24) is 5.32 Å². The highest BCUT2D eigenvalue weighted by atomic mass is 16.5. The molecule has 1 aromatic carbocycles. The molecule has 0 fully saturated rings. The molecule has 1 aliphatic heterocycles. The maximum absolute atomic E-state index is 11.2. The first-order chi connectivity index (χ1) is 8.19. The van der Waals surface area contributed by atoms with Gasteiger partial charge in [0.05, 0.1) is 6.54 Å². The van der Waals surface area contributed by atoms with Gasteiger partial charge in [-0.2, -0.15) is 0 Å². The number of ether oxygens (including phenoxy) is 1. The quantitative estimate of drug-likeness (QED) is 0.869. The maximum atomic E-state index is 11.2. The summed E-state index contributed by atoms with van der Waals surface area (Å²) in [6, 6.07) is 6.32. The molecule has 0 aliphatic carbocycles. The lowest BCUT2D eigenvalue weighted by atomic mass is 10.0. The Balaban J connectivity index is 1.96. The number of benzene rings is 1. The van der Waals surface area contributed by atoms with E-state index in [-0.39, 0.29) is 12.0 Å². The zero-order chi connectivity index (χ0) is 12.3. The SMILES string of the molecule is CCC(=O)NCC1CCc2ccc(C)cc2O1. The van der Waals surface area contributed by atoms with Crippen molar-refractivity contribution >= 4 is 5.91 Å². The van der Waals surface area contributed by atoms with E-state index >= 15 is 0 Å². The molecule has 17 heavy (non-hydrogen) atoms. The zero-order valence-electron chi connectivity index (χ0n) is 10.5. The van der Waals surface area contributed by atoms with E-state index in [4.69, 9.17) is 4.74 Å². The van der Waals surface area contributed by atoms with Crippen LogP contribution in [0.5, 0.6) is 5.75 Å². The standard InChI is InChI=1S/C14H19NO2/c1-3-14(16)15-9-12-7-6-11-5-4-10(2)8-13(11)17-12/h4-5,8,12H,3,6-7,9H2,1-2H3,(H,15,16). The third-order valence-corrected chi connectivity index (χ3v) is 3.10. The summed E-state index contributed by atoms with van der Waals surface area (Å²) in [5, 5.41) is 2.88. The molecule has 0 saturated carbocycles. The molecule has 92 valence electrons. The summed E-state index contributed by atoms with van der Waals surface area (Å²) in [4.78, 5) is 11.2. The van der Waals surface area contributed by atoms with Gasteiger partial charge in [0.1, 0.15) is 11.9 Å². The normalized spacial score (nSPS) is 18.1. The summed E-state index contributed by atoms with van der Waals surface area (Å²) >= 11 is 0. The zero-order valence-corrected chi connectivity index (χ0v) is 10.5. The smallest absolute Gasteiger partial charge is 0.219 e. The molecule has 0 radical (unpaired) electrons. The number of fused-ring (bicyclic) bond motifs is 1. The fraction of sp³-hybridized carbons (Fsp3) is 0.500. The summed E-state index contributed by atoms with van der Waals surface area (Å²) < 4.78 is 5.89. The molecule has 3 heteroatoms. The lowest BCUT2D eigenvalue weighted by Crippen LogP contribution is -2.37. The van der Waals surface area contributed by atoms with Crippen molar-refractivity contribution < 1.29 is 9.53 Å². The van der Waals surface area contributed by atoms with Crippen molar-refractivity contribution in [2.24, 2.45) is 0 Å². The van der Waals surface area contributed by atoms with Crippen LogP contribution in [0.15, 0.2) is 18.2 Å². The van der Waals surface area contributed by atoms with Gasteiger partial charge in [-0.3, -0.25) is 4.79 Å². The van der Waals surface area contributed by atoms with Gasteiger partial charge >= 0.3 is 0 Å². The van der Waals surface area contributed by atoms with Gasteiger partial charge in [-0.25, -0.2) is 0 Å². The topological polar surface area (TPSA) is 38.3 Å². The van der Waals surface area contributed by atoms with Crippen LogP contribution in [0.4, 0.5) is 0 Å². The molecular weight excluding hydrogens is 214 g/mol. The van der Waals surface area contributed by atoms with E-state index in [1.165, 1.54) is 11.1 Å². The second kappa shape index (κ2) is 5.21. The maximum Gasteiger partial charge on any atom is 0.219 e. The molecule has 1 atom stereocenters. The fourth-order valence-electron chi connectivity index (χ4n) is 2.03. The summed E-state index contributed by atoms with van der Waals surface area (Å²) in [5.74, 6) is 1.07. The first kappa shape index (κ1) is 12.0. The van der Waals surface area contributed by atoms with Crippen LogP contribution in [0.25, 0.3) is 0 Å². The molecule has 1 aliphatic rings. The number of carbonyl (C=O) groups is 1. The number of aryl methyl sites for hydroxylation is 2. The number of hydrogen-bond donors (Lipinski definition) is 1. The molecule has 1 N–H and O–H groups in total. The number of amides is 1. The molecule has 3 nitrogen and oxygen atoms in total. The molecule has 1 unspecified atom stereocenters. The van der Waals surface area contributed by atoms with Crippen molar-refractivity contribution in [1.29, 1.82) is 0 Å². The minimum absolute atomic E-state index is 0.0867. The van der Waals surface area contributed by atoms with Crippen molar-refractivity contribution in [3.63, 3.8) is 0 Å². The molecule has 2 rings (SSSR count). The summed E-state index contributed by atoms with van der Waals surface area (Å²) in [7, 11) is 0. The predicted molar refractivity (Wildman–Crippen MR) is 67.2 cm³/mol. The Bertz CT molecular complexity index is 415. The lowest BCUT2D eigenvalue weighted by molar-refractivity contribution is -0.121. The third-order valence-electron chi connectivity index (χ3n) is 3.10. The highest BCUT2D eigenvalue weighted by Gasteiger charge is 2.19. The van der Waals surface area contributed by atoms with E-state index in [0.717, 1.165) is 18.6 Å². The molecule has 0 saturated heterocycles. The first-order valence-corrected chi connectivity index (χ1v) is 6.22. The molecule has 1 amide bonds. The number of nitrogens with one attached hydrogen (secondary N) is 1. The van der Waals surface area contributed by atoms with Crippen LogP contribution in [-0.4, -0.2) is 18.6 Å². The van der Waals surface area contributed by atoms with E-state index in [9.17, 15) is 4.79 Å². The fourth-order valence-corrected chi connectivity index (χ4v) is 2.03. The average Bonchev–Trinajstić information content (AvgIpc) is 2.35. The predicted octanol–water partition coefficient (Wildman–Crippen LogP) is 2.21. The Morgan fingerprint density at radius 2 is 2.35 bits per heavy atom. The van der Waals surface area contributed by atoms with E-state index in [1.807, 2.05) is 6.92 Å². The summed E-state index contributed by atoms with van der Waals surface area (Å²) in [6.07, 6.45) is 2.64. The van der Waals surface area contributed by atoms with Crippen molar-refractivity contribution in [2.45, 2.75) is 39.2 Å². The van der Waals surface area contributed by atoms with Crippen LogP contribution >= 0.6 is 0 Å². The van der Waals surface area contributed by atoms with Crippen molar-refractivity contribution in [3.8, 4) is 5.75 Å². The van der Waals surface area contributed by atoms with E-state index in [1.54, 1.807) is 0 Å². The van der Waals surface area contributed by atoms with E-state index < -0.39 is 0 Å². The number of rotatable bonds is 3. The molecule has 0 bridgehead atoms. The number of carbonyl (C=O) groups excluding carboxylic acids is 1. The Morgan fingerprint density at radius 3 is 3.12 bits per heavy atom. The lowest BCUT2D eigenvalue weighted by Gasteiger charge is -2.26. The molecule has 0 aromatic heterocycles. The van der Waals surface area contributed by atoms with Crippen molar-refractivity contribution in [2.75, 3.05) is 6.54 Å². The van der Waals surface area contributed by atoms with Gasteiger partial charge in [0.15, 0.2) is 0 Å². The van der Waals surface area contributed by atoms with Gasteiger partial charge in [0, 0.05) is 6.42 Å².